The van der Waals surface area contributed by atoms with Gasteiger partial charge in [-0.2, -0.15) is 4.68 Å². The monoisotopic (exact) mass is 427 g/mol. The smallest absolute Gasteiger partial charge is 0.230 e. The van der Waals surface area contributed by atoms with Crippen molar-refractivity contribution in [2.75, 3.05) is 18.9 Å². The molecule has 4 saturated carbocycles. The Bertz CT molecular complexity index is 879. The molecule has 4 fully saturated rings. The predicted molar refractivity (Wildman–Crippen MR) is 115 cm³/mol. The van der Waals surface area contributed by atoms with Gasteiger partial charge >= 0.3 is 0 Å². The van der Waals surface area contributed by atoms with Gasteiger partial charge in [-0.15, -0.1) is 5.10 Å². The zero-order chi connectivity index (χ0) is 20.6. The second-order valence-electron chi connectivity index (χ2n) is 9.26. The molecule has 8 heteroatoms. The fourth-order valence-corrected chi connectivity index (χ4v) is 7.02. The SMILES string of the molecule is CCOc1ccccc1-n1nnnc1SCC(=O)NCC12CC3CC(CC(C3)C1)C2. The fourth-order valence-electron chi connectivity index (χ4n) is 6.30. The average molecular weight is 428 g/mol. The third-order valence-electron chi connectivity index (χ3n) is 6.99. The van der Waals surface area contributed by atoms with Gasteiger partial charge in [0.25, 0.3) is 0 Å². The Labute approximate surface area is 181 Å². The summed E-state index contributed by atoms with van der Waals surface area (Å²) in [4.78, 5) is 12.6. The van der Waals surface area contributed by atoms with E-state index in [1.807, 2.05) is 31.2 Å². The maximum atomic E-state index is 12.6. The van der Waals surface area contributed by atoms with Gasteiger partial charge in [-0.05, 0) is 91.2 Å². The summed E-state index contributed by atoms with van der Waals surface area (Å²) < 4.78 is 7.33. The second-order valence-corrected chi connectivity index (χ2v) is 10.2. The number of nitrogens with one attached hydrogen (secondary N) is 1. The number of carbonyl (C=O) groups is 1. The van der Waals surface area contributed by atoms with Crippen LogP contribution >= 0.6 is 11.8 Å². The van der Waals surface area contributed by atoms with Crippen molar-refractivity contribution in [3.05, 3.63) is 24.3 Å². The lowest BCUT2D eigenvalue weighted by atomic mass is 9.49. The number of ether oxygens (including phenoxy) is 1. The van der Waals surface area contributed by atoms with E-state index in [1.54, 1.807) is 4.68 Å². The van der Waals surface area contributed by atoms with Crippen LogP contribution in [0.1, 0.15) is 45.4 Å². The number of para-hydroxylation sites is 2. The Kier molecular flexibility index (Phi) is 5.43. The lowest BCUT2D eigenvalue weighted by Crippen LogP contribution is -2.51. The maximum absolute atomic E-state index is 12.6. The van der Waals surface area contributed by atoms with Gasteiger partial charge in [0, 0.05) is 6.54 Å². The summed E-state index contributed by atoms with van der Waals surface area (Å²) in [7, 11) is 0. The number of nitrogens with zero attached hydrogens (tertiary/aromatic N) is 4. The molecule has 1 aromatic carbocycles. The molecule has 30 heavy (non-hydrogen) atoms. The van der Waals surface area contributed by atoms with Crippen LogP contribution in [-0.4, -0.2) is 45.0 Å². The minimum atomic E-state index is 0.0587. The highest BCUT2D eigenvalue weighted by Gasteiger charge is 2.50. The molecule has 0 radical (unpaired) electrons. The molecule has 0 aliphatic heterocycles. The lowest BCUT2D eigenvalue weighted by Gasteiger charge is -2.56. The van der Waals surface area contributed by atoms with Crippen LogP contribution in [0.15, 0.2) is 29.4 Å². The summed E-state index contributed by atoms with van der Waals surface area (Å²) in [6.45, 7) is 3.34. The first-order valence-electron chi connectivity index (χ1n) is 11.0. The first-order valence-corrected chi connectivity index (χ1v) is 12.0. The van der Waals surface area contributed by atoms with Gasteiger partial charge in [0.05, 0.1) is 12.4 Å². The molecular formula is C22H29N5O2S. The Balaban J connectivity index is 1.19. The van der Waals surface area contributed by atoms with Gasteiger partial charge in [0.2, 0.25) is 11.1 Å². The number of rotatable bonds is 8. The van der Waals surface area contributed by atoms with E-state index in [2.05, 4.69) is 20.8 Å². The van der Waals surface area contributed by atoms with Crippen LogP contribution in [0.4, 0.5) is 0 Å². The number of aromatic nitrogens is 4. The number of hydrogen-bond donors (Lipinski definition) is 1. The van der Waals surface area contributed by atoms with E-state index in [0.29, 0.717) is 22.9 Å². The Morgan fingerprint density at radius 1 is 1.20 bits per heavy atom. The highest BCUT2D eigenvalue weighted by atomic mass is 32.2. The van der Waals surface area contributed by atoms with Crippen molar-refractivity contribution in [2.45, 2.75) is 50.6 Å². The number of tetrazole rings is 1. The van der Waals surface area contributed by atoms with Crippen LogP contribution in [0.5, 0.6) is 5.75 Å². The van der Waals surface area contributed by atoms with Gasteiger partial charge in [0.15, 0.2) is 0 Å². The van der Waals surface area contributed by atoms with Gasteiger partial charge < -0.3 is 10.1 Å². The molecule has 1 N–H and O–H groups in total. The molecule has 1 amide bonds. The molecule has 0 atom stereocenters. The Morgan fingerprint density at radius 2 is 1.90 bits per heavy atom. The summed E-state index contributed by atoms with van der Waals surface area (Å²) >= 11 is 1.36. The quantitative estimate of drug-likeness (QED) is 0.650. The van der Waals surface area contributed by atoms with E-state index >= 15 is 0 Å². The van der Waals surface area contributed by atoms with Crippen molar-refractivity contribution in [1.29, 1.82) is 0 Å². The molecular weight excluding hydrogens is 398 g/mol. The van der Waals surface area contributed by atoms with Gasteiger partial charge in [-0.3, -0.25) is 4.79 Å². The zero-order valence-corrected chi connectivity index (χ0v) is 18.2. The minimum absolute atomic E-state index is 0.0587. The Hall–Kier alpha value is -2.09. The van der Waals surface area contributed by atoms with E-state index in [0.717, 1.165) is 35.7 Å². The van der Waals surface area contributed by atoms with Crippen molar-refractivity contribution in [3.63, 3.8) is 0 Å². The van der Waals surface area contributed by atoms with Crippen LogP contribution < -0.4 is 10.1 Å². The van der Waals surface area contributed by atoms with E-state index in [4.69, 9.17) is 4.74 Å². The molecule has 0 unspecified atom stereocenters. The van der Waals surface area contributed by atoms with Gasteiger partial charge in [-0.25, -0.2) is 0 Å². The van der Waals surface area contributed by atoms with Gasteiger partial charge in [-0.1, -0.05) is 23.9 Å². The fraction of sp³-hybridized carbons (Fsp3) is 0.636. The van der Waals surface area contributed by atoms with Crippen LogP contribution in [0.3, 0.4) is 0 Å². The third-order valence-corrected chi connectivity index (χ3v) is 7.91. The molecule has 4 bridgehead atoms. The molecule has 1 heterocycles. The summed E-state index contributed by atoms with van der Waals surface area (Å²) in [6, 6.07) is 7.65. The van der Waals surface area contributed by atoms with Crippen molar-refractivity contribution in [3.8, 4) is 11.4 Å². The number of thioether (sulfide) groups is 1. The number of hydrogen-bond acceptors (Lipinski definition) is 6. The van der Waals surface area contributed by atoms with Crippen molar-refractivity contribution in [1.82, 2.24) is 25.5 Å². The topological polar surface area (TPSA) is 81.9 Å². The highest BCUT2D eigenvalue weighted by molar-refractivity contribution is 7.99. The molecule has 7 nitrogen and oxygen atoms in total. The molecule has 6 rings (SSSR count). The molecule has 160 valence electrons. The Morgan fingerprint density at radius 3 is 2.60 bits per heavy atom. The predicted octanol–water partition coefficient (Wildman–Crippen LogP) is 3.49. The molecule has 1 aromatic heterocycles. The molecule has 4 aliphatic rings. The minimum Gasteiger partial charge on any atom is -0.492 e. The highest BCUT2D eigenvalue weighted by Crippen LogP contribution is 2.59. The summed E-state index contributed by atoms with van der Waals surface area (Å²) in [5.41, 5.74) is 1.13. The average Bonchev–Trinajstić information content (AvgIpc) is 3.19. The number of amides is 1. The molecule has 0 spiro atoms. The zero-order valence-electron chi connectivity index (χ0n) is 17.4. The normalized spacial score (nSPS) is 29.2. The van der Waals surface area contributed by atoms with Crippen LogP contribution in [-0.2, 0) is 4.79 Å². The van der Waals surface area contributed by atoms with Crippen molar-refractivity contribution >= 4 is 17.7 Å². The van der Waals surface area contributed by atoms with Crippen LogP contribution in [0.2, 0.25) is 0 Å². The first-order chi connectivity index (χ1) is 14.6. The number of benzene rings is 1. The van der Waals surface area contributed by atoms with Crippen LogP contribution in [0, 0.1) is 23.2 Å². The van der Waals surface area contributed by atoms with Crippen molar-refractivity contribution < 1.29 is 9.53 Å². The molecule has 2 aromatic rings. The van der Waals surface area contributed by atoms with Crippen molar-refractivity contribution in [2.24, 2.45) is 23.2 Å². The largest absolute Gasteiger partial charge is 0.492 e. The van der Waals surface area contributed by atoms with E-state index in [1.165, 1.54) is 50.3 Å². The standard InChI is InChI=1S/C22H29N5O2S/c1-2-29-19-6-4-3-5-18(19)27-21(24-25-26-27)30-13-20(28)23-14-22-10-15-7-16(11-22)9-17(8-15)12-22/h3-6,15-17H,2,7-14H2,1H3,(H,23,28). The first kappa shape index (κ1) is 19.8. The molecule has 4 aliphatic carbocycles. The summed E-state index contributed by atoms with van der Waals surface area (Å²) in [6.07, 6.45) is 8.19. The maximum Gasteiger partial charge on any atom is 0.230 e. The van der Waals surface area contributed by atoms with E-state index in [-0.39, 0.29) is 5.91 Å². The van der Waals surface area contributed by atoms with E-state index < -0.39 is 0 Å². The van der Waals surface area contributed by atoms with Crippen LogP contribution in [0.25, 0.3) is 5.69 Å². The number of carbonyl (C=O) groups excluding carboxylic acids is 1. The van der Waals surface area contributed by atoms with E-state index in [9.17, 15) is 4.79 Å². The summed E-state index contributed by atoms with van der Waals surface area (Å²) in [5, 5.41) is 15.8. The summed E-state index contributed by atoms with van der Waals surface area (Å²) in [5.74, 6) is 3.79. The van der Waals surface area contributed by atoms with Gasteiger partial charge in [0.1, 0.15) is 11.4 Å². The molecule has 0 saturated heterocycles. The second kappa shape index (κ2) is 8.21. The third kappa shape index (κ3) is 3.94. The lowest BCUT2D eigenvalue weighted by molar-refractivity contribution is -0.120.